The Hall–Kier alpha value is -2.14. The van der Waals surface area contributed by atoms with Crippen LogP contribution in [-0.2, 0) is 20.7 Å². The van der Waals surface area contributed by atoms with Crippen molar-refractivity contribution in [1.82, 2.24) is 0 Å². The molecule has 21 heavy (non-hydrogen) atoms. The number of para-hydroxylation sites is 1. The fraction of sp³-hybridized carbons (Fsp3) is 0.250. The number of hydrogen-bond acceptors (Lipinski definition) is 4. The van der Waals surface area contributed by atoms with Crippen molar-refractivity contribution in [3.05, 3.63) is 52.2 Å². The van der Waals surface area contributed by atoms with Gasteiger partial charge in [0.15, 0.2) is 0 Å². The summed E-state index contributed by atoms with van der Waals surface area (Å²) in [7, 11) is 0. The molecule has 1 N–H and O–H groups in total. The van der Waals surface area contributed by atoms with E-state index in [-0.39, 0.29) is 18.3 Å². The zero-order chi connectivity index (χ0) is 14.7. The first kappa shape index (κ1) is 13.8. The zero-order valence-electron chi connectivity index (χ0n) is 11.4. The van der Waals surface area contributed by atoms with Crippen molar-refractivity contribution in [2.24, 2.45) is 0 Å². The lowest BCUT2D eigenvalue weighted by molar-refractivity contribution is -0.146. The summed E-state index contributed by atoms with van der Waals surface area (Å²) in [6.45, 7) is 0.347. The maximum Gasteiger partial charge on any atom is 0.314 e. The van der Waals surface area contributed by atoms with Gasteiger partial charge in [0.25, 0.3) is 0 Å². The molecule has 0 fully saturated rings. The van der Waals surface area contributed by atoms with Crippen LogP contribution in [0.2, 0.25) is 0 Å². The Balaban J connectivity index is 1.65. The molecule has 1 aliphatic rings. The third-order valence-electron chi connectivity index (χ3n) is 3.46. The van der Waals surface area contributed by atoms with Crippen LogP contribution >= 0.6 is 11.3 Å². The van der Waals surface area contributed by atoms with E-state index in [1.807, 2.05) is 35.7 Å². The number of nitrogens with one attached hydrogen (secondary N) is 1. The number of benzene rings is 1. The average molecular weight is 301 g/mol. The summed E-state index contributed by atoms with van der Waals surface area (Å²) < 4.78 is 5.35. The van der Waals surface area contributed by atoms with E-state index in [0.717, 1.165) is 5.56 Å². The molecule has 0 saturated heterocycles. The Labute approximate surface area is 126 Å². The molecule has 0 unspecified atom stereocenters. The summed E-state index contributed by atoms with van der Waals surface area (Å²) in [4.78, 5) is 25.1. The molecule has 1 atom stereocenters. The summed E-state index contributed by atoms with van der Waals surface area (Å²) in [5, 5.41) is 4.78. The van der Waals surface area contributed by atoms with Gasteiger partial charge in [-0.05, 0) is 23.1 Å². The molecule has 2 aromatic rings. The highest BCUT2D eigenvalue weighted by Gasteiger charge is 2.31. The second kappa shape index (κ2) is 6.10. The normalized spacial score (nSPS) is 17.0. The van der Waals surface area contributed by atoms with Crippen molar-refractivity contribution in [1.29, 1.82) is 0 Å². The van der Waals surface area contributed by atoms with Crippen LogP contribution in [0.1, 0.15) is 22.8 Å². The molecule has 2 heterocycles. The predicted molar refractivity (Wildman–Crippen MR) is 81.4 cm³/mol. The van der Waals surface area contributed by atoms with Gasteiger partial charge in [0.1, 0.15) is 0 Å². The largest absolute Gasteiger partial charge is 0.465 e. The highest BCUT2D eigenvalue weighted by molar-refractivity contribution is 7.09. The van der Waals surface area contributed by atoms with Gasteiger partial charge in [0.05, 0.1) is 12.5 Å². The van der Waals surface area contributed by atoms with Crippen LogP contribution in [-0.4, -0.2) is 18.5 Å². The van der Waals surface area contributed by atoms with Crippen molar-refractivity contribution in [2.75, 3.05) is 11.9 Å². The first-order valence-corrected chi connectivity index (χ1v) is 7.70. The minimum Gasteiger partial charge on any atom is -0.465 e. The minimum absolute atomic E-state index is 0.145. The van der Waals surface area contributed by atoms with Gasteiger partial charge in [-0.15, -0.1) is 11.3 Å². The molecule has 1 aromatic carbocycles. The van der Waals surface area contributed by atoms with Gasteiger partial charge >= 0.3 is 5.97 Å². The second-order valence-corrected chi connectivity index (χ2v) is 5.92. The first-order valence-electron chi connectivity index (χ1n) is 6.82. The minimum atomic E-state index is -0.502. The number of amides is 1. The van der Waals surface area contributed by atoms with Crippen LogP contribution in [0.4, 0.5) is 5.69 Å². The van der Waals surface area contributed by atoms with Gasteiger partial charge in [0.2, 0.25) is 5.91 Å². The van der Waals surface area contributed by atoms with Crippen molar-refractivity contribution in [3.63, 3.8) is 0 Å². The quantitative estimate of drug-likeness (QED) is 0.883. The van der Waals surface area contributed by atoms with E-state index in [0.29, 0.717) is 18.7 Å². The molecule has 1 aromatic heterocycles. The molecule has 5 heteroatoms. The number of thiophene rings is 1. The fourth-order valence-corrected chi connectivity index (χ4v) is 3.12. The molecule has 1 amide bonds. The standard InChI is InChI=1S/C16H15NO3S/c18-15-10-13(12-5-1-2-6-14(12)17-15)16(19)20-8-7-11-4-3-9-21-11/h1-6,9,13H,7-8,10H2,(H,17,18)/t13-/m1/s1. The van der Waals surface area contributed by atoms with E-state index in [1.54, 1.807) is 17.4 Å². The lowest BCUT2D eigenvalue weighted by Crippen LogP contribution is -2.28. The zero-order valence-corrected chi connectivity index (χ0v) is 12.2. The van der Waals surface area contributed by atoms with Crippen LogP contribution in [0.15, 0.2) is 41.8 Å². The summed E-state index contributed by atoms with van der Waals surface area (Å²) >= 11 is 1.64. The topological polar surface area (TPSA) is 55.4 Å². The monoisotopic (exact) mass is 301 g/mol. The number of carbonyl (C=O) groups is 2. The lowest BCUT2D eigenvalue weighted by Gasteiger charge is -2.24. The van der Waals surface area contributed by atoms with E-state index in [9.17, 15) is 9.59 Å². The number of carbonyl (C=O) groups excluding carboxylic acids is 2. The number of rotatable bonds is 4. The molecule has 4 nitrogen and oxygen atoms in total. The number of ether oxygens (including phenoxy) is 1. The van der Waals surface area contributed by atoms with Gasteiger partial charge in [-0.2, -0.15) is 0 Å². The number of anilines is 1. The first-order chi connectivity index (χ1) is 10.2. The Morgan fingerprint density at radius 3 is 2.95 bits per heavy atom. The van der Waals surface area contributed by atoms with E-state index < -0.39 is 5.92 Å². The van der Waals surface area contributed by atoms with E-state index in [1.165, 1.54) is 4.88 Å². The average Bonchev–Trinajstić information content (AvgIpc) is 2.99. The lowest BCUT2D eigenvalue weighted by atomic mass is 9.91. The number of esters is 1. The third kappa shape index (κ3) is 3.13. The molecule has 0 aliphatic carbocycles. The SMILES string of the molecule is O=C1C[C@@H](C(=O)OCCc2cccs2)c2ccccc2N1. The summed E-state index contributed by atoms with van der Waals surface area (Å²) in [5.41, 5.74) is 1.53. The number of hydrogen-bond donors (Lipinski definition) is 1. The van der Waals surface area contributed by atoms with Crippen LogP contribution < -0.4 is 5.32 Å². The Bertz CT molecular complexity index is 651. The summed E-state index contributed by atoms with van der Waals surface area (Å²) in [6.07, 6.45) is 0.860. The molecular formula is C16H15NO3S. The van der Waals surface area contributed by atoms with Crippen LogP contribution in [0.5, 0.6) is 0 Å². The third-order valence-corrected chi connectivity index (χ3v) is 4.39. The predicted octanol–water partition coefficient (Wildman–Crippen LogP) is 2.96. The Kier molecular flexibility index (Phi) is 4.01. The summed E-state index contributed by atoms with van der Waals surface area (Å²) in [6, 6.07) is 11.4. The van der Waals surface area contributed by atoms with Gasteiger partial charge in [-0.25, -0.2) is 0 Å². The molecule has 1 aliphatic heterocycles. The molecule has 0 bridgehead atoms. The van der Waals surface area contributed by atoms with Crippen molar-refractivity contribution in [3.8, 4) is 0 Å². The maximum atomic E-state index is 12.2. The van der Waals surface area contributed by atoms with Crippen molar-refractivity contribution < 1.29 is 14.3 Å². The summed E-state index contributed by atoms with van der Waals surface area (Å²) in [5.74, 6) is -0.971. The highest BCUT2D eigenvalue weighted by atomic mass is 32.1. The van der Waals surface area contributed by atoms with E-state index >= 15 is 0 Å². The molecule has 108 valence electrons. The van der Waals surface area contributed by atoms with E-state index in [4.69, 9.17) is 4.74 Å². The Morgan fingerprint density at radius 2 is 2.14 bits per heavy atom. The van der Waals surface area contributed by atoms with Gasteiger partial charge in [-0.3, -0.25) is 9.59 Å². The highest BCUT2D eigenvalue weighted by Crippen LogP contribution is 2.32. The smallest absolute Gasteiger partial charge is 0.314 e. The van der Waals surface area contributed by atoms with Crippen LogP contribution in [0.3, 0.4) is 0 Å². The number of fused-ring (bicyclic) bond motifs is 1. The molecule has 3 rings (SSSR count). The molecule has 0 spiro atoms. The van der Waals surface area contributed by atoms with E-state index in [2.05, 4.69) is 5.32 Å². The maximum absolute atomic E-state index is 12.2. The van der Waals surface area contributed by atoms with Crippen LogP contribution in [0, 0.1) is 0 Å². The molecule has 0 radical (unpaired) electrons. The van der Waals surface area contributed by atoms with Gasteiger partial charge in [0, 0.05) is 23.4 Å². The molecular weight excluding hydrogens is 286 g/mol. The Morgan fingerprint density at radius 1 is 1.29 bits per heavy atom. The van der Waals surface area contributed by atoms with Crippen molar-refractivity contribution in [2.45, 2.75) is 18.8 Å². The van der Waals surface area contributed by atoms with Crippen molar-refractivity contribution >= 4 is 28.9 Å². The molecule has 0 saturated carbocycles. The van der Waals surface area contributed by atoms with Gasteiger partial charge < -0.3 is 10.1 Å². The fourth-order valence-electron chi connectivity index (χ4n) is 2.43. The van der Waals surface area contributed by atoms with Gasteiger partial charge in [-0.1, -0.05) is 24.3 Å². The second-order valence-electron chi connectivity index (χ2n) is 4.89. The van der Waals surface area contributed by atoms with Crippen LogP contribution in [0.25, 0.3) is 0 Å².